The molecule has 0 bridgehead atoms. The molecule has 1 N–H and O–H groups in total. The summed E-state index contributed by atoms with van der Waals surface area (Å²) in [7, 11) is 0. The maximum absolute atomic E-state index is 12.0. The van der Waals surface area contributed by atoms with Gasteiger partial charge in [0, 0.05) is 12.1 Å². The summed E-state index contributed by atoms with van der Waals surface area (Å²) in [6.45, 7) is 4.02. The van der Waals surface area contributed by atoms with E-state index in [0.717, 1.165) is 22.3 Å². The number of hydrogen-bond donors (Lipinski definition) is 1. The smallest absolute Gasteiger partial charge is 0.277 e. The van der Waals surface area contributed by atoms with Gasteiger partial charge in [0.15, 0.2) is 6.61 Å². The number of carbonyl (C=O) groups is 1. The van der Waals surface area contributed by atoms with Crippen LogP contribution in [-0.4, -0.2) is 23.7 Å². The van der Waals surface area contributed by atoms with E-state index < -0.39 is 4.92 Å². The third kappa shape index (κ3) is 6.40. The van der Waals surface area contributed by atoms with Crippen molar-refractivity contribution in [2.45, 2.75) is 20.5 Å². The minimum atomic E-state index is -0.439. The predicted molar refractivity (Wildman–Crippen MR) is 121 cm³/mol. The first-order valence-electron chi connectivity index (χ1n) is 9.89. The molecular formula is C24H23N3O5. The molecular weight excluding hydrogens is 410 g/mol. The second-order valence-electron chi connectivity index (χ2n) is 7.08. The number of nitrogens with zero attached hydrogens (tertiary/aromatic N) is 2. The first kappa shape index (κ1) is 22.5. The van der Waals surface area contributed by atoms with Gasteiger partial charge in [-0.2, -0.15) is 5.10 Å². The molecule has 0 saturated heterocycles. The summed E-state index contributed by atoms with van der Waals surface area (Å²) in [6, 6.07) is 19.2. The van der Waals surface area contributed by atoms with E-state index in [4.69, 9.17) is 9.47 Å². The maximum Gasteiger partial charge on any atom is 0.277 e. The Balaban J connectivity index is 1.44. The molecule has 0 aliphatic carbocycles. The molecule has 0 atom stereocenters. The van der Waals surface area contributed by atoms with E-state index in [1.54, 1.807) is 36.4 Å². The van der Waals surface area contributed by atoms with Gasteiger partial charge >= 0.3 is 0 Å². The van der Waals surface area contributed by atoms with E-state index in [0.29, 0.717) is 18.1 Å². The zero-order valence-corrected chi connectivity index (χ0v) is 17.8. The molecule has 0 saturated carbocycles. The number of nitro groups is 1. The summed E-state index contributed by atoms with van der Waals surface area (Å²) in [5, 5.41) is 14.6. The fourth-order valence-electron chi connectivity index (χ4n) is 2.91. The van der Waals surface area contributed by atoms with E-state index in [1.165, 1.54) is 18.3 Å². The molecule has 32 heavy (non-hydrogen) atoms. The molecule has 0 aliphatic rings. The molecule has 8 nitrogen and oxygen atoms in total. The summed E-state index contributed by atoms with van der Waals surface area (Å²) in [4.78, 5) is 22.2. The minimum Gasteiger partial charge on any atom is -0.489 e. The molecule has 0 aromatic heterocycles. The number of ether oxygens (including phenoxy) is 2. The Morgan fingerprint density at radius 3 is 2.28 bits per heavy atom. The zero-order chi connectivity index (χ0) is 22.9. The number of nitro benzene ring substituents is 1. The first-order valence-corrected chi connectivity index (χ1v) is 9.89. The van der Waals surface area contributed by atoms with Crippen molar-refractivity contribution in [2.24, 2.45) is 5.10 Å². The quantitative estimate of drug-likeness (QED) is 0.308. The third-order valence-electron chi connectivity index (χ3n) is 4.59. The van der Waals surface area contributed by atoms with Crippen LogP contribution in [0.5, 0.6) is 11.5 Å². The molecule has 0 aliphatic heterocycles. The van der Waals surface area contributed by atoms with Crippen molar-refractivity contribution >= 4 is 17.8 Å². The van der Waals surface area contributed by atoms with Crippen LogP contribution < -0.4 is 14.9 Å². The number of amides is 1. The summed E-state index contributed by atoms with van der Waals surface area (Å²) >= 11 is 0. The molecule has 0 radical (unpaired) electrons. The van der Waals surface area contributed by atoms with Crippen molar-refractivity contribution in [1.29, 1.82) is 0 Å². The van der Waals surface area contributed by atoms with Gasteiger partial charge in [-0.05, 0) is 72.5 Å². The number of rotatable bonds is 9. The fourth-order valence-corrected chi connectivity index (χ4v) is 2.91. The van der Waals surface area contributed by atoms with Crippen LogP contribution in [0.1, 0.15) is 22.3 Å². The number of hydrazone groups is 1. The lowest BCUT2D eigenvalue weighted by atomic mass is 10.1. The lowest BCUT2D eigenvalue weighted by molar-refractivity contribution is -0.384. The molecule has 0 unspecified atom stereocenters. The molecule has 3 rings (SSSR count). The molecule has 1 amide bonds. The van der Waals surface area contributed by atoms with Gasteiger partial charge in [-0.1, -0.05) is 18.2 Å². The van der Waals surface area contributed by atoms with Gasteiger partial charge in [0.05, 0.1) is 11.1 Å². The Bertz CT molecular complexity index is 1090. The Morgan fingerprint density at radius 2 is 1.66 bits per heavy atom. The highest BCUT2D eigenvalue weighted by atomic mass is 16.6. The lowest BCUT2D eigenvalue weighted by Crippen LogP contribution is -2.25. The van der Waals surface area contributed by atoms with Gasteiger partial charge < -0.3 is 9.47 Å². The minimum absolute atomic E-state index is 0.0429. The topological polar surface area (TPSA) is 103 Å². The van der Waals surface area contributed by atoms with Crippen molar-refractivity contribution in [1.82, 2.24) is 5.43 Å². The maximum atomic E-state index is 12.0. The van der Waals surface area contributed by atoms with Gasteiger partial charge in [-0.25, -0.2) is 5.43 Å². The van der Waals surface area contributed by atoms with Crippen molar-refractivity contribution in [3.63, 3.8) is 0 Å². The largest absolute Gasteiger partial charge is 0.489 e. The van der Waals surface area contributed by atoms with Gasteiger partial charge in [0.2, 0.25) is 0 Å². The predicted octanol–water partition coefficient (Wildman–Crippen LogP) is 4.32. The van der Waals surface area contributed by atoms with Gasteiger partial charge in [0.1, 0.15) is 18.1 Å². The lowest BCUT2D eigenvalue weighted by Gasteiger charge is -2.10. The molecule has 0 heterocycles. The summed E-state index contributed by atoms with van der Waals surface area (Å²) in [6.07, 6.45) is 1.52. The molecule has 164 valence electrons. The monoisotopic (exact) mass is 433 g/mol. The van der Waals surface area contributed by atoms with E-state index in [-0.39, 0.29) is 18.2 Å². The molecule has 0 fully saturated rings. The van der Waals surface area contributed by atoms with Crippen LogP contribution in [0, 0.1) is 24.0 Å². The number of non-ortho nitro benzene ring substituents is 1. The van der Waals surface area contributed by atoms with Crippen LogP contribution in [0.3, 0.4) is 0 Å². The van der Waals surface area contributed by atoms with Crippen LogP contribution in [0.15, 0.2) is 71.8 Å². The highest BCUT2D eigenvalue weighted by Gasteiger charge is 2.07. The van der Waals surface area contributed by atoms with Gasteiger partial charge in [-0.15, -0.1) is 0 Å². The van der Waals surface area contributed by atoms with E-state index in [9.17, 15) is 14.9 Å². The average Bonchev–Trinajstić information content (AvgIpc) is 2.78. The number of benzene rings is 3. The molecule has 3 aromatic rings. The normalized spacial score (nSPS) is 10.7. The Kier molecular flexibility index (Phi) is 7.53. The van der Waals surface area contributed by atoms with Crippen LogP contribution in [0.25, 0.3) is 0 Å². The van der Waals surface area contributed by atoms with E-state index >= 15 is 0 Å². The first-order chi connectivity index (χ1) is 15.4. The summed E-state index contributed by atoms with van der Waals surface area (Å²) in [5.41, 5.74) is 6.03. The SMILES string of the molecule is Cc1cccc(C)c1OCC(=O)N/N=C\c1ccc(OCc2ccc([N+](=O)[O-])cc2)cc1. The standard InChI is InChI=1S/C24H23N3O5/c1-17-4-3-5-18(2)24(17)32-16-23(28)26-25-14-19-8-12-22(13-9-19)31-15-20-6-10-21(11-7-20)27(29)30/h3-14H,15-16H2,1-2H3,(H,26,28)/b25-14-. The van der Waals surface area contributed by atoms with Crippen LogP contribution in [-0.2, 0) is 11.4 Å². The molecule has 3 aromatic carbocycles. The van der Waals surface area contributed by atoms with Gasteiger partial charge in [-0.3, -0.25) is 14.9 Å². The second kappa shape index (κ2) is 10.7. The highest BCUT2D eigenvalue weighted by molar-refractivity contribution is 5.83. The van der Waals surface area contributed by atoms with Crippen LogP contribution >= 0.6 is 0 Å². The highest BCUT2D eigenvalue weighted by Crippen LogP contribution is 2.22. The Labute approximate surface area is 185 Å². The average molecular weight is 433 g/mol. The summed E-state index contributed by atoms with van der Waals surface area (Å²) in [5.74, 6) is 0.995. The zero-order valence-electron chi connectivity index (χ0n) is 17.8. The van der Waals surface area contributed by atoms with Crippen molar-refractivity contribution in [2.75, 3.05) is 6.61 Å². The Morgan fingerprint density at radius 1 is 1.00 bits per heavy atom. The number of carbonyl (C=O) groups excluding carboxylic acids is 1. The number of nitrogens with one attached hydrogen (secondary N) is 1. The third-order valence-corrected chi connectivity index (χ3v) is 4.59. The number of para-hydroxylation sites is 1. The number of aryl methyl sites for hydroxylation is 2. The van der Waals surface area contributed by atoms with Crippen LogP contribution in [0.4, 0.5) is 5.69 Å². The Hall–Kier alpha value is -4.20. The van der Waals surface area contributed by atoms with E-state index in [1.807, 2.05) is 32.0 Å². The molecule has 8 heteroatoms. The molecule has 0 spiro atoms. The second-order valence-corrected chi connectivity index (χ2v) is 7.08. The summed E-state index contributed by atoms with van der Waals surface area (Å²) < 4.78 is 11.3. The number of hydrogen-bond acceptors (Lipinski definition) is 6. The van der Waals surface area contributed by atoms with Gasteiger partial charge in [0.25, 0.3) is 11.6 Å². The van der Waals surface area contributed by atoms with Crippen molar-refractivity contribution in [3.8, 4) is 11.5 Å². The van der Waals surface area contributed by atoms with E-state index in [2.05, 4.69) is 10.5 Å². The van der Waals surface area contributed by atoms with Crippen LogP contribution in [0.2, 0.25) is 0 Å². The fraction of sp³-hybridized carbons (Fsp3) is 0.167. The van der Waals surface area contributed by atoms with Crippen molar-refractivity contribution in [3.05, 3.63) is 99.1 Å². The van der Waals surface area contributed by atoms with Crippen molar-refractivity contribution < 1.29 is 19.2 Å².